The molecule has 0 spiro atoms. The van der Waals surface area contributed by atoms with Crippen molar-refractivity contribution >= 4 is 23.3 Å². The first-order valence-corrected chi connectivity index (χ1v) is 9.12. The van der Waals surface area contributed by atoms with Crippen LogP contribution < -0.4 is 10.6 Å². The first-order valence-electron chi connectivity index (χ1n) is 9.12. The standard InChI is InChI=1S/C22H20N4O3/c1-29-13-7-12-24-22(28)18(14-23)19-16-10-5-6-11-17(16)20(25-19)26-21(27)15-8-3-2-4-9-15/h2-6,8-11H,7,12-13H2,1H3,(H,24,28)(H,25,26,27)/b19-18-. The monoisotopic (exact) mass is 388 g/mol. The molecule has 7 heteroatoms. The number of carbonyl (C=O) groups excluding carboxylic acids is 2. The van der Waals surface area contributed by atoms with Gasteiger partial charge in [-0.15, -0.1) is 0 Å². The first-order chi connectivity index (χ1) is 14.2. The average molecular weight is 388 g/mol. The van der Waals surface area contributed by atoms with E-state index in [2.05, 4.69) is 15.6 Å². The molecule has 1 aliphatic rings. The molecule has 0 saturated heterocycles. The van der Waals surface area contributed by atoms with Crippen LogP contribution in [0, 0.1) is 11.3 Å². The van der Waals surface area contributed by atoms with Crippen molar-refractivity contribution in [2.75, 3.05) is 20.3 Å². The summed E-state index contributed by atoms with van der Waals surface area (Å²) in [5, 5.41) is 15.1. The third-order valence-electron chi connectivity index (χ3n) is 4.32. The van der Waals surface area contributed by atoms with Gasteiger partial charge in [0.1, 0.15) is 17.5 Å². The van der Waals surface area contributed by atoms with E-state index in [4.69, 9.17) is 4.74 Å². The highest BCUT2D eigenvalue weighted by atomic mass is 16.5. The summed E-state index contributed by atoms with van der Waals surface area (Å²) >= 11 is 0. The van der Waals surface area contributed by atoms with E-state index in [1.165, 1.54) is 0 Å². The quantitative estimate of drug-likeness (QED) is 0.450. The van der Waals surface area contributed by atoms with Gasteiger partial charge >= 0.3 is 0 Å². The number of methoxy groups -OCH3 is 1. The molecule has 2 aromatic rings. The van der Waals surface area contributed by atoms with Gasteiger partial charge in [0, 0.05) is 37.0 Å². The van der Waals surface area contributed by atoms with Crippen molar-refractivity contribution < 1.29 is 14.3 Å². The molecule has 3 rings (SSSR count). The van der Waals surface area contributed by atoms with Crippen molar-refractivity contribution in [3.05, 3.63) is 76.9 Å². The molecule has 0 bridgehead atoms. The fourth-order valence-corrected chi connectivity index (χ4v) is 2.90. The Morgan fingerprint density at radius 3 is 2.45 bits per heavy atom. The summed E-state index contributed by atoms with van der Waals surface area (Å²) in [5.41, 5.74) is 1.92. The molecule has 7 nitrogen and oxygen atoms in total. The number of fused-ring (bicyclic) bond motifs is 1. The fourth-order valence-electron chi connectivity index (χ4n) is 2.90. The zero-order valence-corrected chi connectivity index (χ0v) is 15.9. The number of nitrogens with one attached hydrogen (secondary N) is 2. The van der Waals surface area contributed by atoms with Crippen LogP contribution in [0.5, 0.6) is 0 Å². The van der Waals surface area contributed by atoms with Gasteiger partial charge in [0.15, 0.2) is 0 Å². The van der Waals surface area contributed by atoms with Crippen molar-refractivity contribution in [3.63, 3.8) is 0 Å². The summed E-state index contributed by atoms with van der Waals surface area (Å²) in [7, 11) is 1.58. The van der Waals surface area contributed by atoms with Crippen LogP contribution in [-0.4, -0.2) is 37.9 Å². The molecule has 0 radical (unpaired) electrons. The lowest BCUT2D eigenvalue weighted by Gasteiger charge is -2.06. The van der Waals surface area contributed by atoms with Crippen LogP contribution in [-0.2, 0) is 9.53 Å². The number of amides is 2. The molecule has 0 aliphatic carbocycles. The molecule has 2 N–H and O–H groups in total. The topological polar surface area (TPSA) is 104 Å². The number of nitriles is 1. The minimum absolute atomic E-state index is 0.0983. The first kappa shape index (κ1) is 20.0. The molecule has 146 valence electrons. The van der Waals surface area contributed by atoms with Gasteiger partial charge in [-0.05, 0) is 18.6 Å². The Hall–Kier alpha value is -3.76. The third kappa shape index (κ3) is 4.57. The van der Waals surface area contributed by atoms with Crippen LogP contribution in [0.2, 0.25) is 0 Å². The van der Waals surface area contributed by atoms with E-state index in [1.54, 1.807) is 49.6 Å². The van der Waals surface area contributed by atoms with Crippen LogP contribution in [0.25, 0.3) is 5.70 Å². The number of rotatable bonds is 6. The molecule has 0 unspecified atom stereocenters. The Bertz CT molecular complexity index is 1020. The maximum Gasteiger partial charge on any atom is 0.264 e. The van der Waals surface area contributed by atoms with Gasteiger partial charge in [-0.3, -0.25) is 9.59 Å². The van der Waals surface area contributed by atoms with Crippen LogP contribution in [0.3, 0.4) is 0 Å². The van der Waals surface area contributed by atoms with Gasteiger partial charge in [0.05, 0.1) is 5.70 Å². The van der Waals surface area contributed by atoms with Gasteiger partial charge in [-0.1, -0.05) is 42.5 Å². The number of ether oxygens (including phenoxy) is 1. The normalized spacial score (nSPS) is 13.7. The molecule has 29 heavy (non-hydrogen) atoms. The summed E-state index contributed by atoms with van der Waals surface area (Å²) in [6.07, 6.45) is 0.633. The van der Waals surface area contributed by atoms with Gasteiger partial charge in [-0.2, -0.15) is 5.26 Å². The predicted molar refractivity (Wildman–Crippen MR) is 109 cm³/mol. The van der Waals surface area contributed by atoms with Crippen molar-refractivity contribution in [2.45, 2.75) is 6.42 Å². The van der Waals surface area contributed by atoms with Gasteiger partial charge in [0.25, 0.3) is 11.8 Å². The van der Waals surface area contributed by atoms with Crippen molar-refractivity contribution in [1.82, 2.24) is 10.6 Å². The second kappa shape index (κ2) is 9.44. The number of benzene rings is 2. The highest BCUT2D eigenvalue weighted by Crippen LogP contribution is 2.30. The summed E-state index contributed by atoms with van der Waals surface area (Å²) in [4.78, 5) is 29.4. The number of hydrogen-bond donors (Lipinski definition) is 2. The maximum atomic E-state index is 12.5. The second-order valence-electron chi connectivity index (χ2n) is 6.26. The molecule has 1 aliphatic heterocycles. The molecule has 2 aromatic carbocycles. The van der Waals surface area contributed by atoms with Crippen molar-refractivity contribution in [2.24, 2.45) is 4.99 Å². The Morgan fingerprint density at radius 2 is 1.76 bits per heavy atom. The van der Waals surface area contributed by atoms with Crippen molar-refractivity contribution in [3.8, 4) is 6.07 Å². The zero-order chi connectivity index (χ0) is 20.6. The minimum atomic E-state index is -0.507. The molecule has 0 fully saturated rings. The van der Waals surface area contributed by atoms with Crippen LogP contribution in [0.4, 0.5) is 0 Å². The predicted octanol–water partition coefficient (Wildman–Crippen LogP) is 2.26. The summed E-state index contributed by atoms with van der Waals surface area (Å²) in [5.74, 6) is -0.514. The molecule has 0 atom stereocenters. The number of nitrogens with zero attached hydrogens (tertiary/aromatic N) is 2. The lowest BCUT2D eigenvalue weighted by molar-refractivity contribution is -0.117. The molecule has 2 amide bonds. The lowest BCUT2D eigenvalue weighted by Crippen LogP contribution is -2.30. The maximum absolute atomic E-state index is 12.5. The number of hydrogen-bond acceptors (Lipinski definition) is 5. The second-order valence-corrected chi connectivity index (χ2v) is 6.26. The van der Waals surface area contributed by atoms with Crippen molar-refractivity contribution in [1.29, 1.82) is 5.26 Å². The highest BCUT2D eigenvalue weighted by molar-refractivity contribution is 6.20. The van der Waals surface area contributed by atoms with E-state index >= 15 is 0 Å². The summed E-state index contributed by atoms with van der Waals surface area (Å²) in [6.45, 7) is 0.892. The van der Waals surface area contributed by atoms with E-state index < -0.39 is 5.91 Å². The van der Waals surface area contributed by atoms with E-state index in [0.29, 0.717) is 42.1 Å². The Kier molecular flexibility index (Phi) is 6.51. The van der Waals surface area contributed by atoms with E-state index in [1.807, 2.05) is 18.2 Å². The number of amidine groups is 1. The third-order valence-corrected chi connectivity index (χ3v) is 4.32. The van der Waals surface area contributed by atoms with Gasteiger partial charge in [0.2, 0.25) is 0 Å². The minimum Gasteiger partial charge on any atom is -0.385 e. The van der Waals surface area contributed by atoms with Crippen LogP contribution in [0.1, 0.15) is 27.9 Å². The largest absolute Gasteiger partial charge is 0.385 e. The highest BCUT2D eigenvalue weighted by Gasteiger charge is 2.27. The zero-order valence-electron chi connectivity index (χ0n) is 15.9. The van der Waals surface area contributed by atoms with Crippen LogP contribution in [0.15, 0.2) is 65.2 Å². The van der Waals surface area contributed by atoms with E-state index in [-0.39, 0.29) is 17.2 Å². The fraction of sp³-hybridized carbons (Fsp3) is 0.182. The molecular formula is C22H20N4O3. The Morgan fingerprint density at radius 1 is 1.07 bits per heavy atom. The summed E-state index contributed by atoms with van der Waals surface area (Å²) < 4.78 is 4.95. The SMILES string of the molecule is COCCCNC(=O)/C(C#N)=C1\N=C(NC(=O)c2ccccc2)c2ccccc21. The van der Waals surface area contributed by atoms with Crippen LogP contribution >= 0.6 is 0 Å². The molecule has 1 heterocycles. The lowest BCUT2D eigenvalue weighted by atomic mass is 10.0. The number of carbonyl (C=O) groups is 2. The van der Waals surface area contributed by atoms with Gasteiger partial charge < -0.3 is 15.4 Å². The average Bonchev–Trinajstić information content (AvgIpc) is 3.11. The van der Waals surface area contributed by atoms with Gasteiger partial charge in [-0.25, -0.2) is 4.99 Å². The van der Waals surface area contributed by atoms with E-state index in [0.717, 1.165) is 0 Å². The molecule has 0 aromatic heterocycles. The Labute approximate surface area is 168 Å². The molecule has 0 saturated carbocycles. The summed E-state index contributed by atoms with van der Waals surface area (Å²) in [6, 6.07) is 17.9. The number of aliphatic imine (C=N–C) groups is 1. The smallest absolute Gasteiger partial charge is 0.264 e. The Balaban J connectivity index is 1.90. The van der Waals surface area contributed by atoms with E-state index in [9.17, 15) is 14.9 Å². The molecular weight excluding hydrogens is 368 g/mol.